The fourth-order valence-electron chi connectivity index (χ4n) is 3.63. The number of carbonyl (C=O) groups is 3. The molecule has 3 rings (SSSR count). The molecule has 2 fully saturated rings. The zero-order valence-corrected chi connectivity index (χ0v) is 15.1. The fourth-order valence-corrected chi connectivity index (χ4v) is 3.63. The van der Waals surface area contributed by atoms with Crippen LogP contribution in [0.15, 0.2) is 6.33 Å². The highest BCUT2D eigenvalue weighted by molar-refractivity contribution is 5.94. The molecular weight excluding hydrogens is 338 g/mol. The van der Waals surface area contributed by atoms with Crippen LogP contribution in [-0.4, -0.2) is 93.9 Å². The van der Waals surface area contributed by atoms with Crippen LogP contribution in [0.2, 0.25) is 0 Å². The fraction of sp³-hybridized carbons (Fsp3) is 0.647. The molecule has 0 radical (unpaired) electrons. The summed E-state index contributed by atoms with van der Waals surface area (Å²) in [4.78, 5) is 49.5. The van der Waals surface area contributed by atoms with E-state index in [4.69, 9.17) is 0 Å². The first kappa shape index (κ1) is 18.4. The molecule has 9 heteroatoms. The number of hydrogen-bond donors (Lipinski definition) is 2. The second kappa shape index (κ2) is 7.45. The molecule has 1 aromatic heterocycles. The van der Waals surface area contributed by atoms with Crippen molar-refractivity contribution in [2.45, 2.75) is 13.3 Å². The molecule has 0 spiro atoms. The van der Waals surface area contributed by atoms with Crippen LogP contribution in [0.25, 0.3) is 0 Å². The third-order valence-corrected chi connectivity index (χ3v) is 5.28. The van der Waals surface area contributed by atoms with E-state index in [1.165, 1.54) is 11.2 Å². The zero-order chi connectivity index (χ0) is 18.8. The van der Waals surface area contributed by atoms with Gasteiger partial charge in [-0.2, -0.15) is 0 Å². The summed E-state index contributed by atoms with van der Waals surface area (Å²) in [5.74, 6) is -2.59. The summed E-state index contributed by atoms with van der Waals surface area (Å²) < 4.78 is 0. The summed E-state index contributed by atoms with van der Waals surface area (Å²) in [6.45, 7) is 4.95. The van der Waals surface area contributed by atoms with Crippen LogP contribution in [0.5, 0.6) is 0 Å². The van der Waals surface area contributed by atoms with E-state index in [0.717, 1.165) is 13.1 Å². The van der Waals surface area contributed by atoms with Crippen LogP contribution >= 0.6 is 0 Å². The number of nitrogens with one attached hydrogen (secondary N) is 1. The molecule has 26 heavy (non-hydrogen) atoms. The maximum atomic E-state index is 12.9. The third-order valence-electron chi connectivity index (χ3n) is 5.28. The first-order valence-electron chi connectivity index (χ1n) is 8.86. The SMILES string of the molecule is Cc1[nH]cnc1C(=O)N1C[C@@H](C(=O)O)C[C@@H](C(=O)N2CCN(C)CC2)C1. The van der Waals surface area contributed by atoms with Gasteiger partial charge in [0.15, 0.2) is 0 Å². The lowest BCUT2D eigenvalue weighted by Crippen LogP contribution is -2.54. The lowest BCUT2D eigenvalue weighted by molar-refractivity contribution is -0.147. The molecule has 0 unspecified atom stereocenters. The van der Waals surface area contributed by atoms with Crippen LogP contribution < -0.4 is 0 Å². The smallest absolute Gasteiger partial charge is 0.308 e. The summed E-state index contributed by atoms with van der Waals surface area (Å²) in [6, 6.07) is 0. The molecule has 0 aliphatic carbocycles. The standard InChI is InChI=1S/C17H25N5O4/c1-11-14(19-10-18-11)16(24)22-8-12(7-13(9-22)17(25)26)15(23)21-5-3-20(2)4-6-21/h10,12-13H,3-9H2,1-2H3,(H,18,19)(H,25,26)/t12-,13+/m1/s1. The van der Waals surface area contributed by atoms with Crippen LogP contribution in [0.3, 0.4) is 0 Å². The Morgan fingerprint density at radius 1 is 1.12 bits per heavy atom. The number of aryl methyl sites for hydroxylation is 1. The van der Waals surface area contributed by atoms with Gasteiger partial charge in [0, 0.05) is 45.0 Å². The van der Waals surface area contributed by atoms with Crippen molar-refractivity contribution < 1.29 is 19.5 Å². The van der Waals surface area contributed by atoms with E-state index < -0.39 is 17.8 Å². The number of piperazine rings is 1. The second-order valence-electron chi connectivity index (χ2n) is 7.18. The van der Waals surface area contributed by atoms with Gasteiger partial charge in [-0.3, -0.25) is 14.4 Å². The first-order valence-corrected chi connectivity index (χ1v) is 8.86. The van der Waals surface area contributed by atoms with Gasteiger partial charge in [-0.15, -0.1) is 0 Å². The van der Waals surface area contributed by atoms with Crippen LogP contribution in [0.4, 0.5) is 0 Å². The van der Waals surface area contributed by atoms with Gasteiger partial charge in [0.2, 0.25) is 5.91 Å². The van der Waals surface area contributed by atoms with Crippen molar-refractivity contribution in [1.82, 2.24) is 24.7 Å². The van der Waals surface area contributed by atoms with Crippen molar-refractivity contribution in [3.8, 4) is 0 Å². The first-order chi connectivity index (χ1) is 12.4. The Labute approximate surface area is 152 Å². The molecule has 142 valence electrons. The lowest BCUT2D eigenvalue weighted by atomic mass is 9.87. The van der Waals surface area contributed by atoms with Crippen molar-refractivity contribution in [1.29, 1.82) is 0 Å². The second-order valence-corrected chi connectivity index (χ2v) is 7.18. The highest BCUT2D eigenvalue weighted by atomic mass is 16.4. The number of aromatic amines is 1. The predicted molar refractivity (Wildman–Crippen MR) is 92.5 cm³/mol. The van der Waals surface area contributed by atoms with Crippen LogP contribution in [-0.2, 0) is 9.59 Å². The van der Waals surface area contributed by atoms with Gasteiger partial charge in [0.05, 0.1) is 18.2 Å². The number of imidazole rings is 1. The largest absolute Gasteiger partial charge is 0.481 e. The molecule has 2 atom stereocenters. The van der Waals surface area contributed by atoms with Crippen molar-refractivity contribution in [2.75, 3.05) is 46.3 Å². The average Bonchev–Trinajstić information content (AvgIpc) is 3.06. The quantitative estimate of drug-likeness (QED) is 0.760. The predicted octanol–water partition coefficient (Wildman–Crippen LogP) is -0.345. The molecule has 0 aromatic carbocycles. The highest BCUT2D eigenvalue weighted by Gasteiger charge is 2.39. The summed E-state index contributed by atoms with van der Waals surface area (Å²) in [6.07, 6.45) is 1.71. The number of H-pyrrole nitrogens is 1. The van der Waals surface area contributed by atoms with Crippen LogP contribution in [0.1, 0.15) is 22.6 Å². The van der Waals surface area contributed by atoms with Crippen molar-refractivity contribution in [2.24, 2.45) is 11.8 Å². The number of aliphatic carboxylic acids is 1. The molecular formula is C17H25N5O4. The lowest BCUT2D eigenvalue weighted by Gasteiger charge is -2.39. The Morgan fingerprint density at radius 2 is 1.77 bits per heavy atom. The molecule has 2 aliphatic rings. The molecule has 2 aliphatic heterocycles. The van der Waals surface area contributed by atoms with Crippen LogP contribution in [0, 0.1) is 18.8 Å². The number of rotatable bonds is 3. The third kappa shape index (κ3) is 3.72. The number of carbonyl (C=O) groups excluding carboxylic acids is 2. The Bertz CT molecular complexity index is 695. The Kier molecular flexibility index (Phi) is 5.26. The minimum atomic E-state index is -0.975. The van der Waals surface area contributed by atoms with Gasteiger partial charge in [-0.25, -0.2) is 4.98 Å². The van der Waals surface area contributed by atoms with Crippen molar-refractivity contribution >= 4 is 17.8 Å². The normalized spacial score (nSPS) is 24.5. The number of aromatic nitrogens is 2. The number of likely N-dealkylation sites (N-methyl/N-ethyl adjacent to an activating group) is 1. The van der Waals surface area contributed by atoms with E-state index in [2.05, 4.69) is 14.9 Å². The van der Waals surface area contributed by atoms with E-state index in [9.17, 15) is 19.5 Å². The minimum Gasteiger partial charge on any atom is -0.481 e. The number of piperidine rings is 1. The minimum absolute atomic E-state index is 0.0550. The topological polar surface area (TPSA) is 110 Å². The van der Waals surface area contributed by atoms with Gasteiger partial charge >= 0.3 is 5.97 Å². The Hall–Kier alpha value is -2.42. The van der Waals surface area contributed by atoms with Gasteiger partial charge in [0.1, 0.15) is 5.69 Å². The summed E-state index contributed by atoms with van der Waals surface area (Å²) in [5, 5.41) is 9.48. The van der Waals surface area contributed by atoms with E-state index in [0.29, 0.717) is 18.8 Å². The maximum Gasteiger partial charge on any atom is 0.308 e. The Morgan fingerprint density at radius 3 is 2.35 bits per heavy atom. The van der Waals surface area contributed by atoms with Gasteiger partial charge in [0.25, 0.3) is 5.91 Å². The zero-order valence-electron chi connectivity index (χ0n) is 15.1. The highest BCUT2D eigenvalue weighted by Crippen LogP contribution is 2.26. The molecule has 9 nitrogen and oxygen atoms in total. The number of amides is 2. The number of nitrogens with zero attached hydrogens (tertiary/aromatic N) is 4. The molecule has 0 saturated carbocycles. The number of likely N-dealkylation sites (tertiary alicyclic amines) is 1. The van der Waals surface area contributed by atoms with Crippen molar-refractivity contribution in [3.05, 3.63) is 17.7 Å². The monoisotopic (exact) mass is 363 g/mol. The Balaban J connectivity index is 1.75. The molecule has 1 aromatic rings. The molecule has 0 bridgehead atoms. The molecule has 2 amide bonds. The average molecular weight is 363 g/mol. The summed E-state index contributed by atoms with van der Waals surface area (Å²) in [5.41, 5.74) is 0.913. The van der Waals surface area contributed by atoms with E-state index in [1.54, 1.807) is 11.8 Å². The van der Waals surface area contributed by atoms with E-state index in [-0.39, 0.29) is 37.0 Å². The number of carboxylic acid groups (broad SMARTS) is 1. The van der Waals surface area contributed by atoms with Gasteiger partial charge in [-0.05, 0) is 20.4 Å². The number of hydrogen-bond acceptors (Lipinski definition) is 5. The summed E-state index contributed by atoms with van der Waals surface area (Å²) in [7, 11) is 2.01. The summed E-state index contributed by atoms with van der Waals surface area (Å²) >= 11 is 0. The van der Waals surface area contributed by atoms with Crippen molar-refractivity contribution in [3.63, 3.8) is 0 Å². The molecule has 3 heterocycles. The van der Waals surface area contributed by atoms with Gasteiger partial charge < -0.3 is 24.8 Å². The van der Waals surface area contributed by atoms with E-state index >= 15 is 0 Å². The van der Waals surface area contributed by atoms with E-state index in [1.807, 2.05) is 7.05 Å². The van der Waals surface area contributed by atoms with Gasteiger partial charge in [-0.1, -0.05) is 0 Å². The number of carboxylic acids is 1. The molecule has 2 N–H and O–H groups in total. The molecule has 2 saturated heterocycles. The maximum absolute atomic E-state index is 12.9.